The molecular formula is C12H24N2O2. The molecule has 2 unspecified atom stereocenters. The van der Waals surface area contributed by atoms with Crippen LogP contribution in [0.2, 0.25) is 0 Å². The lowest BCUT2D eigenvalue weighted by molar-refractivity contribution is -0.123. The minimum Gasteiger partial charge on any atom is -0.378 e. The van der Waals surface area contributed by atoms with Crippen molar-refractivity contribution in [3.8, 4) is 0 Å². The summed E-state index contributed by atoms with van der Waals surface area (Å²) < 4.78 is 5.43. The predicted molar refractivity (Wildman–Crippen MR) is 64.1 cm³/mol. The lowest BCUT2D eigenvalue weighted by Crippen LogP contribution is -2.42. The molecule has 1 fully saturated rings. The molecule has 4 heteroatoms. The molecule has 0 aromatic rings. The highest BCUT2D eigenvalue weighted by Crippen LogP contribution is 2.14. The summed E-state index contributed by atoms with van der Waals surface area (Å²) in [5.74, 6) is 0.109. The quantitative estimate of drug-likeness (QED) is 0.759. The smallest absolute Gasteiger partial charge is 0.220 e. The summed E-state index contributed by atoms with van der Waals surface area (Å²) in [5.41, 5.74) is 5.58. The monoisotopic (exact) mass is 228 g/mol. The maximum atomic E-state index is 11.7. The summed E-state index contributed by atoms with van der Waals surface area (Å²) >= 11 is 0. The molecule has 2 atom stereocenters. The Labute approximate surface area is 97.9 Å². The third kappa shape index (κ3) is 5.47. The van der Waals surface area contributed by atoms with Crippen molar-refractivity contribution in [2.75, 3.05) is 6.61 Å². The number of carbonyl (C=O) groups excluding carboxylic acids is 1. The van der Waals surface area contributed by atoms with Crippen LogP contribution in [-0.4, -0.2) is 30.2 Å². The Kier molecular flexibility index (Phi) is 4.74. The molecule has 0 saturated carbocycles. The second-order valence-electron chi connectivity index (χ2n) is 5.46. The van der Waals surface area contributed by atoms with E-state index in [9.17, 15) is 4.79 Å². The lowest BCUT2D eigenvalue weighted by atomic mass is 9.99. The molecule has 1 aliphatic rings. The largest absolute Gasteiger partial charge is 0.378 e. The summed E-state index contributed by atoms with van der Waals surface area (Å²) in [4.78, 5) is 11.7. The Balaban J connectivity index is 2.23. The van der Waals surface area contributed by atoms with Crippen LogP contribution in [0.4, 0.5) is 0 Å². The fourth-order valence-corrected chi connectivity index (χ4v) is 1.86. The third-order valence-electron chi connectivity index (χ3n) is 2.85. The summed E-state index contributed by atoms with van der Waals surface area (Å²) in [5, 5.41) is 3.05. The van der Waals surface area contributed by atoms with Crippen molar-refractivity contribution in [2.45, 2.75) is 64.1 Å². The van der Waals surface area contributed by atoms with Crippen LogP contribution >= 0.6 is 0 Å². The molecule has 16 heavy (non-hydrogen) atoms. The van der Waals surface area contributed by atoms with Gasteiger partial charge in [0.05, 0.1) is 6.10 Å². The number of hydrogen-bond acceptors (Lipinski definition) is 3. The summed E-state index contributed by atoms with van der Waals surface area (Å²) in [7, 11) is 0. The Morgan fingerprint density at radius 1 is 1.56 bits per heavy atom. The topological polar surface area (TPSA) is 64.4 Å². The van der Waals surface area contributed by atoms with Gasteiger partial charge in [0, 0.05) is 24.6 Å². The molecule has 94 valence electrons. The van der Waals surface area contributed by atoms with Gasteiger partial charge >= 0.3 is 0 Å². The van der Waals surface area contributed by atoms with E-state index in [2.05, 4.69) is 5.32 Å². The zero-order valence-electron chi connectivity index (χ0n) is 10.6. The average molecular weight is 228 g/mol. The van der Waals surface area contributed by atoms with Crippen molar-refractivity contribution in [3.05, 3.63) is 0 Å². The molecule has 0 aliphatic carbocycles. The molecule has 1 rings (SSSR count). The maximum absolute atomic E-state index is 11.7. The van der Waals surface area contributed by atoms with E-state index in [1.807, 2.05) is 20.8 Å². The van der Waals surface area contributed by atoms with Crippen molar-refractivity contribution >= 4 is 5.91 Å². The van der Waals surface area contributed by atoms with Crippen LogP contribution in [0.3, 0.4) is 0 Å². The molecule has 0 bridgehead atoms. The molecule has 1 amide bonds. The van der Waals surface area contributed by atoms with Gasteiger partial charge in [0.15, 0.2) is 0 Å². The van der Waals surface area contributed by atoms with E-state index in [-0.39, 0.29) is 23.6 Å². The third-order valence-corrected chi connectivity index (χ3v) is 2.85. The normalized spacial score (nSPS) is 26.5. The lowest BCUT2D eigenvalue weighted by Gasteiger charge is -2.28. The van der Waals surface area contributed by atoms with E-state index in [0.717, 1.165) is 25.9 Å². The van der Waals surface area contributed by atoms with E-state index in [1.165, 1.54) is 0 Å². The molecule has 3 N–H and O–H groups in total. The second kappa shape index (κ2) is 5.64. The van der Waals surface area contributed by atoms with Gasteiger partial charge in [0.2, 0.25) is 5.91 Å². The Bertz CT molecular complexity index is 236. The van der Waals surface area contributed by atoms with Crippen LogP contribution in [0.5, 0.6) is 0 Å². The first-order valence-electron chi connectivity index (χ1n) is 6.07. The predicted octanol–water partition coefficient (Wildman–Crippen LogP) is 1.19. The number of carbonyl (C=O) groups is 1. The standard InChI is InChI=1S/C12H24N2O2/c1-9-8-10(5-7-16-9)14-11(15)4-6-12(2,3)13/h9-10H,4-8,13H2,1-3H3,(H,14,15). The number of nitrogens with one attached hydrogen (secondary N) is 1. The molecule has 1 saturated heterocycles. The molecule has 4 nitrogen and oxygen atoms in total. The number of nitrogens with two attached hydrogens (primary N) is 1. The molecule has 0 radical (unpaired) electrons. The van der Waals surface area contributed by atoms with Gasteiger partial charge in [0.25, 0.3) is 0 Å². The van der Waals surface area contributed by atoms with Crippen molar-refractivity contribution < 1.29 is 9.53 Å². The fourth-order valence-electron chi connectivity index (χ4n) is 1.86. The molecule has 0 aromatic carbocycles. The second-order valence-corrected chi connectivity index (χ2v) is 5.46. The van der Waals surface area contributed by atoms with E-state index in [0.29, 0.717) is 6.42 Å². The number of rotatable bonds is 4. The zero-order chi connectivity index (χ0) is 12.2. The first kappa shape index (κ1) is 13.5. The minimum atomic E-state index is -0.264. The van der Waals surface area contributed by atoms with Crippen molar-refractivity contribution in [1.82, 2.24) is 5.32 Å². The first-order valence-corrected chi connectivity index (χ1v) is 6.07. The maximum Gasteiger partial charge on any atom is 0.220 e. The first-order chi connectivity index (χ1) is 7.37. The molecule has 0 aromatic heterocycles. The van der Waals surface area contributed by atoms with E-state index in [4.69, 9.17) is 10.5 Å². The highest BCUT2D eigenvalue weighted by atomic mass is 16.5. The van der Waals surface area contributed by atoms with Gasteiger partial charge < -0.3 is 15.8 Å². The molecule has 0 spiro atoms. The van der Waals surface area contributed by atoms with Gasteiger partial charge in [-0.1, -0.05) is 0 Å². The van der Waals surface area contributed by atoms with Crippen LogP contribution in [-0.2, 0) is 9.53 Å². The molecule has 1 aliphatic heterocycles. The van der Waals surface area contributed by atoms with E-state index >= 15 is 0 Å². The van der Waals surface area contributed by atoms with Gasteiger partial charge in [-0.15, -0.1) is 0 Å². The summed E-state index contributed by atoms with van der Waals surface area (Å²) in [6.45, 7) is 6.67. The van der Waals surface area contributed by atoms with Crippen LogP contribution in [0, 0.1) is 0 Å². The highest BCUT2D eigenvalue weighted by molar-refractivity contribution is 5.76. The van der Waals surface area contributed by atoms with Gasteiger partial charge in [-0.2, -0.15) is 0 Å². The SMILES string of the molecule is CC1CC(NC(=O)CCC(C)(C)N)CCO1. The number of amides is 1. The Morgan fingerprint density at radius 3 is 2.81 bits per heavy atom. The van der Waals surface area contributed by atoms with Crippen LogP contribution in [0.15, 0.2) is 0 Å². The van der Waals surface area contributed by atoms with Crippen molar-refractivity contribution in [2.24, 2.45) is 5.73 Å². The summed E-state index contributed by atoms with van der Waals surface area (Å²) in [6.07, 6.45) is 3.32. The minimum absolute atomic E-state index is 0.109. The number of ether oxygens (including phenoxy) is 1. The fraction of sp³-hybridized carbons (Fsp3) is 0.917. The molecule has 1 heterocycles. The van der Waals surface area contributed by atoms with Crippen LogP contribution in [0.25, 0.3) is 0 Å². The average Bonchev–Trinajstić information content (AvgIpc) is 2.14. The zero-order valence-corrected chi connectivity index (χ0v) is 10.6. The van der Waals surface area contributed by atoms with E-state index < -0.39 is 0 Å². The molecular weight excluding hydrogens is 204 g/mol. The Hall–Kier alpha value is -0.610. The van der Waals surface area contributed by atoms with Crippen LogP contribution < -0.4 is 11.1 Å². The Morgan fingerprint density at radius 2 is 2.25 bits per heavy atom. The van der Waals surface area contributed by atoms with Gasteiger partial charge in [-0.3, -0.25) is 4.79 Å². The van der Waals surface area contributed by atoms with Crippen molar-refractivity contribution in [3.63, 3.8) is 0 Å². The van der Waals surface area contributed by atoms with Gasteiger partial charge in [-0.05, 0) is 40.0 Å². The van der Waals surface area contributed by atoms with Crippen LogP contribution in [0.1, 0.15) is 46.5 Å². The van der Waals surface area contributed by atoms with E-state index in [1.54, 1.807) is 0 Å². The van der Waals surface area contributed by atoms with Crippen molar-refractivity contribution in [1.29, 1.82) is 0 Å². The highest BCUT2D eigenvalue weighted by Gasteiger charge is 2.21. The number of hydrogen-bond donors (Lipinski definition) is 2. The van der Waals surface area contributed by atoms with Gasteiger partial charge in [0.1, 0.15) is 0 Å². The summed E-state index contributed by atoms with van der Waals surface area (Å²) in [6, 6.07) is 0.275. The van der Waals surface area contributed by atoms with Gasteiger partial charge in [-0.25, -0.2) is 0 Å².